The Labute approximate surface area is 199 Å². The number of hydrogen-bond acceptors (Lipinski definition) is 7. The smallest absolute Gasteiger partial charge is 0.240 e. The number of fused-ring (bicyclic) bond motifs is 2. The molecule has 0 saturated carbocycles. The SMILES string of the molecule is C[C@H](NC(=O)CCCCCNS(=O)(=O)c1ccc2c(c1)OCCO2)c1ccc2c(c1)OCCO2. The van der Waals surface area contributed by atoms with Crippen molar-refractivity contribution in [2.75, 3.05) is 33.0 Å². The predicted molar refractivity (Wildman–Crippen MR) is 125 cm³/mol. The molecule has 4 rings (SSSR count). The maximum Gasteiger partial charge on any atom is 0.240 e. The van der Waals surface area contributed by atoms with Crippen molar-refractivity contribution in [1.29, 1.82) is 0 Å². The van der Waals surface area contributed by atoms with Gasteiger partial charge in [0.05, 0.1) is 10.9 Å². The van der Waals surface area contributed by atoms with Crippen LogP contribution >= 0.6 is 0 Å². The number of benzene rings is 2. The van der Waals surface area contributed by atoms with E-state index in [1.807, 2.05) is 25.1 Å². The first-order valence-electron chi connectivity index (χ1n) is 11.5. The van der Waals surface area contributed by atoms with E-state index in [2.05, 4.69) is 10.0 Å². The summed E-state index contributed by atoms with van der Waals surface area (Å²) in [6.07, 6.45) is 2.42. The average Bonchev–Trinajstić information content (AvgIpc) is 2.85. The summed E-state index contributed by atoms with van der Waals surface area (Å²) < 4.78 is 49.6. The molecule has 2 aliphatic heterocycles. The minimum absolute atomic E-state index is 0.0424. The van der Waals surface area contributed by atoms with Crippen molar-refractivity contribution in [3.63, 3.8) is 0 Å². The van der Waals surface area contributed by atoms with E-state index in [4.69, 9.17) is 18.9 Å². The number of amides is 1. The minimum Gasteiger partial charge on any atom is -0.486 e. The van der Waals surface area contributed by atoms with Gasteiger partial charge in [0.25, 0.3) is 0 Å². The first-order valence-corrected chi connectivity index (χ1v) is 13.0. The zero-order valence-electron chi connectivity index (χ0n) is 19.2. The van der Waals surface area contributed by atoms with Gasteiger partial charge in [-0.3, -0.25) is 4.79 Å². The van der Waals surface area contributed by atoms with Crippen molar-refractivity contribution in [3.8, 4) is 23.0 Å². The molecule has 2 aliphatic rings. The third kappa shape index (κ3) is 6.12. The Morgan fingerprint density at radius 3 is 2.18 bits per heavy atom. The lowest BCUT2D eigenvalue weighted by atomic mass is 10.1. The molecule has 2 heterocycles. The monoisotopic (exact) mass is 490 g/mol. The number of sulfonamides is 1. The summed E-state index contributed by atoms with van der Waals surface area (Å²) in [5, 5.41) is 3.00. The van der Waals surface area contributed by atoms with E-state index in [1.165, 1.54) is 12.1 Å². The molecule has 2 N–H and O–H groups in total. The standard InChI is InChI=1S/C24H30N2O7S/c1-17(18-6-8-20-22(15-18)32-13-11-30-20)26-24(27)5-3-2-4-10-25-34(28,29)19-7-9-21-23(16-19)33-14-12-31-21/h6-9,15-17,25H,2-5,10-14H2,1H3,(H,26,27)/t17-/m0/s1. The number of nitrogens with one attached hydrogen (secondary N) is 2. The summed E-state index contributed by atoms with van der Waals surface area (Å²) in [6.45, 7) is 4.13. The minimum atomic E-state index is -3.63. The van der Waals surface area contributed by atoms with Crippen molar-refractivity contribution < 1.29 is 32.2 Å². The molecule has 2 aromatic carbocycles. The van der Waals surface area contributed by atoms with Crippen molar-refractivity contribution in [2.45, 2.75) is 43.5 Å². The van der Waals surface area contributed by atoms with E-state index in [0.717, 1.165) is 17.7 Å². The summed E-state index contributed by atoms with van der Waals surface area (Å²) in [5.41, 5.74) is 0.950. The third-order valence-electron chi connectivity index (χ3n) is 5.64. The second kappa shape index (κ2) is 11.0. The third-order valence-corrected chi connectivity index (χ3v) is 7.10. The van der Waals surface area contributed by atoms with Crippen LogP contribution in [0.1, 0.15) is 44.2 Å². The molecule has 0 bridgehead atoms. The van der Waals surface area contributed by atoms with Crippen LogP contribution in [-0.4, -0.2) is 47.3 Å². The van der Waals surface area contributed by atoms with Crippen LogP contribution in [-0.2, 0) is 14.8 Å². The number of ether oxygens (including phenoxy) is 4. The molecule has 0 aliphatic carbocycles. The van der Waals surface area contributed by atoms with Gasteiger partial charge in [0.1, 0.15) is 26.4 Å². The van der Waals surface area contributed by atoms with Crippen molar-refractivity contribution >= 4 is 15.9 Å². The van der Waals surface area contributed by atoms with Crippen molar-refractivity contribution in [1.82, 2.24) is 10.0 Å². The molecule has 34 heavy (non-hydrogen) atoms. The van der Waals surface area contributed by atoms with Gasteiger partial charge in [-0.2, -0.15) is 0 Å². The first kappa shape index (κ1) is 24.2. The van der Waals surface area contributed by atoms with Gasteiger partial charge in [0.15, 0.2) is 23.0 Å². The lowest BCUT2D eigenvalue weighted by Crippen LogP contribution is -2.27. The molecular weight excluding hydrogens is 460 g/mol. The van der Waals surface area contributed by atoms with Gasteiger partial charge < -0.3 is 24.3 Å². The van der Waals surface area contributed by atoms with Crippen LogP contribution in [0.4, 0.5) is 0 Å². The van der Waals surface area contributed by atoms with Crippen molar-refractivity contribution in [2.24, 2.45) is 0 Å². The van der Waals surface area contributed by atoms with Crippen LogP contribution in [0.3, 0.4) is 0 Å². The second-order valence-corrected chi connectivity index (χ2v) is 9.97. The zero-order chi connectivity index (χ0) is 24.0. The fourth-order valence-electron chi connectivity index (χ4n) is 3.79. The molecule has 1 amide bonds. The Kier molecular flexibility index (Phi) is 7.79. The number of carbonyl (C=O) groups excluding carboxylic acids is 1. The highest BCUT2D eigenvalue weighted by Crippen LogP contribution is 2.33. The largest absolute Gasteiger partial charge is 0.486 e. The second-order valence-electron chi connectivity index (χ2n) is 8.21. The number of rotatable bonds is 10. The van der Waals surface area contributed by atoms with E-state index < -0.39 is 10.0 Å². The number of carbonyl (C=O) groups is 1. The van der Waals surface area contributed by atoms with E-state index in [1.54, 1.807) is 6.07 Å². The highest BCUT2D eigenvalue weighted by atomic mass is 32.2. The van der Waals surface area contributed by atoms with E-state index in [9.17, 15) is 13.2 Å². The van der Waals surface area contributed by atoms with Gasteiger partial charge in [0, 0.05) is 19.0 Å². The quantitative estimate of drug-likeness (QED) is 0.493. The number of unbranched alkanes of at least 4 members (excludes halogenated alkanes) is 2. The van der Waals surface area contributed by atoms with Crippen LogP contribution in [0, 0.1) is 0 Å². The van der Waals surface area contributed by atoms with Crippen LogP contribution < -0.4 is 29.0 Å². The van der Waals surface area contributed by atoms with Gasteiger partial charge >= 0.3 is 0 Å². The van der Waals surface area contributed by atoms with Crippen LogP contribution in [0.5, 0.6) is 23.0 Å². The Morgan fingerprint density at radius 1 is 0.853 bits per heavy atom. The molecule has 0 saturated heterocycles. The molecule has 0 unspecified atom stereocenters. The summed E-state index contributed by atoms with van der Waals surface area (Å²) >= 11 is 0. The highest BCUT2D eigenvalue weighted by Gasteiger charge is 2.19. The molecule has 2 aromatic rings. The van der Waals surface area contributed by atoms with E-state index in [-0.39, 0.29) is 16.8 Å². The first-order chi connectivity index (χ1) is 16.4. The molecule has 0 radical (unpaired) electrons. The normalized spacial score (nSPS) is 15.4. The van der Waals surface area contributed by atoms with Crippen molar-refractivity contribution in [3.05, 3.63) is 42.0 Å². The summed E-state index contributed by atoms with van der Waals surface area (Å²) in [4.78, 5) is 12.5. The average molecular weight is 491 g/mol. The van der Waals surface area contributed by atoms with Gasteiger partial charge in [-0.15, -0.1) is 0 Å². The fourth-order valence-corrected chi connectivity index (χ4v) is 4.88. The van der Waals surface area contributed by atoms with Crippen LogP contribution in [0.25, 0.3) is 0 Å². The number of hydrogen-bond donors (Lipinski definition) is 2. The maximum absolute atomic E-state index is 12.5. The lowest BCUT2D eigenvalue weighted by Gasteiger charge is -2.21. The fraction of sp³-hybridized carbons (Fsp3) is 0.458. The molecule has 0 fully saturated rings. The summed E-state index contributed by atoms with van der Waals surface area (Å²) in [5.74, 6) is 2.36. The summed E-state index contributed by atoms with van der Waals surface area (Å²) in [7, 11) is -3.63. The Morgan fingerprint density at radius 2 is 1.47 bits per heavy atom. The van der Waals surface area contributed by atoms with E-state index in [0.29, 0.717) is 69.5 Å². The summed E-state index contributed by atoms with van der Waals surface area (Å²) in [6, 6.07) is 10.1. The van der Waals surface area contributed by atoms with Crippen LogP contribution in [0.15, 0.2) is 41.3 Å². The van der Waals surface area contributed by atoms with Gasteiger partial charge in [-0.25, -0.2) is 13.1 Å². The lowest BCUT2D eigenvalue weighted by molar-refractivity contribution is -0.121. The molecular formula is C24H30N2O7S. The molecule has 0 aromatic heterocycles. The van der Waals surface area contributed by atoms with Gasteiger partial charge in [0.2, 0.25) is 15.9 Å². The topological polar surface area (TPSA) is 112 Å². The highest BCUT2D eigenvalue weighted by molar-refractivity contribution is 7.89. The zero-order valence-corrected chi connectivity index (χ0v) is 20.0. The predicted octanol–water partition coefficient (Wildman–Crippen LogP) is 2.95. The molecule has 10 heteroatoms. The maximum atomic E-state index is 12.5. The van der Waals surface area contributed by atoms with Crippen LogP contribution in [0.2, 0.25) is 0 Å². The molecule has 1 atom stereocenters. The molecule has 9 nitrogen and oxygen atoms in total. The molecule has 184 valence electrons. The molecule has 0 spiro atoms. The Bertz CT molecular complexity index is 1120. The Hall–Kier alpha value is -2.98. The van der Waals surface area contributed by atoms with Gasteiger partial charge in [-0.05, 0) is 49.6 Å². The Balaban J connectivity index is 1.15. The van der Waals surface area contributed by atoms with E-state index >= 15 is 0 Å². The van der Waals surface area contributed by atoms with Gasteiger partial charge in [-0.1, -0.05) is 12.5 Å².